The first-order chi connectivity index (χ1) is 9.55. The number of aromatic nitrogens is 3. The quantitative estimate of drug-likeness (QED) is 0.805. The van der Waals surface area contributed by atoms with Crippen molar-refractivity contribution in [1.82, 2.24) is 15.0 Å². The highest BCUT2D eigenvalue weighted by atomic mass is 19.4. The number of rotatable bonds is 1. The van der Waals surface area contributed by atoms with Gasteiger partial charge in [0.2, 0.25) is 0 Å². The van der Waals surface area contributed by atoms with Crippen LogP contribution in [-0.4, -0.2) is 21.2 Å². The van der Waals surface area contributed by atoms with Crippen molar-refractivity contribution < 1.29 is 13.2 Å². The molecule has 0 aliphatic carbocycles. The molecule has 2 aromatic rings. The molecule has 0 radical (unpaired) electrons. The molecule has 4 nitrogen and oxygen atoms in total. The SMILES string of the molecule is FC(F)(F)c1nc(-c2ccncc2)nc2c1CC=NC2. The minimum Gasteiger partial charge on any atom is -0.291 e. The van der Waals surface area contributed by atoms with Gasteiger partial charge in [-0.25, -0.2) is 9.97 Å². The summed E-state index contributed by atoms with van der Waals surface area (Å²) in [5.41, 5.74) is 0.0789. The largest absolute Gasteiger partial charge is 0.433 e. The van der Waals surface area contributed by atoms with Crippen molar-refractivity contribution in [2.45, 2.75) is 19.1 Å². The molecule has 102 valence electrons. The second-order valence-corrected chi connectivity index (χ2v) is 4.28. The summed E-state index contributed by atoms with van der Waals surface area (Å²) in [7, 11) is 0. The van der Waals surface area contributed by atoms with Crippen LogP contribution in [0.15, 0.2) is 29.5 Å². The van der Waals surface area contributed by atoms with E-state index in [4.69, 9.17) is 0 Å². The van der Waals surface area contributed by atoms with Gasteiger partial charge in [0.25, 0.3) is 0 Å². The predicted octanol–water partition coefficient (Wildman–Crippen LogP) is 2.68. The van der Waals surface area contributed by atoms with Crippen LogP contribution in [0.25, 0.3) is 11.4 Å². The molecule has 1 aliphatic rings. The number of aliphatic imine (C=N–C) groups is 1. The Hall–Kier alpha value is -2.31. The van der Waals surface area contributed by atoms with Crippen LogP contribution in [0, 0.1) is 0 Å². The number of hydrogen-bond acceptors (Lipinski definition) is 4. The third kappa shape index (κ3) is 2.26. The highest BCUT2D eigenvalue weighted by Crippen LogP contribution is 2.34. The molecule has 0 atom stereocenters. The summed E-state index contributed by atoms with van der Waals surface area (Å²) in [5, 5.41) is 0. The smallest absolute Gasteiger partial charge is 0.291 e. The van der Waals surface area contributed by atoms with Gasteiger partial charge in [0.05, 0.1) is 12.2 Å². The number of halogens is 3. The Morgan fingerprint density at radius 3 is 2.50 bits per heavy atom. The van der Waals surface area contributed by atoms with Gasteiger partial charge in [0.15, 0.2) is 11.5 Å². The Labute approximate surface area is 112 Å². The van der Waals surface area contributed by atoms with Crippen LogP contribution in [-0.2, 0) is 19.1 Å². The standard InChI is InChI=1S/C13H9F3N4/c14-13(15,16)11-9-3-6-18-7-10(9)19-12(20-11)8-1-4-17-5-2-8/h1-2,4-6H,3,7H2. The van der Waals surface area contributed by atoms with Gasteiger partial charge in [-0.15, -0.1) is 0 Å². The Balaban J connectivity index is 2.20. The van der Waals surface area contributed by atoms with Crippen LogP contribution in [0.5, 0.6) is 0 Å². The molecule has 0 amide bonds. The zero-order chi connectivity index (χ0) is 14.2. The first-order valence-electron chi connectivity index (χ1n) is 5.91. The molecule has 0 N–H and O–H groups in total. The van der Waals surface area contributed by atoms with Gasteiger partial charge in [-0.3, -0.25) is 9.98 Å². The molecule has 0 unspecified atom stereocenters. The number of alkyl halides is 3. The first-order valence-corrected chi connectivity index (χ1v) is 5.91. The Morgan fingerprint density at radius 1 is 1.05 bits per heavy atom. The van der Waals surface area contributed by atoms with Crippen LogP contribution in [0.2, 0.25) is 0 Å². The van der Waals surface area contributed by atoms with E-state index in [0.29, 0.717) is 11.3 Å². The maximum Gasteiger partial charge on any atom is 0.433 e. The van der Waals surface area contributed by atoms with Crippen molar-refractivity contribution in [2.75, 3.05) is 0 Å². The van der Waals surface area contributed by atoms with Gasteiger partial charge in [-0.2, -0.15) is 13.2 Å². The lowest BCUT2D eigenvalue weighted by molar-refractivity contribution is -0.141. The summed E-state index contributed by atoms with van der Waals surface area (Å²) < 4.78 is 39.4. The fourth-order valence-corrected chi connectivity index (χ4v) is 2.05. The second kappa shape index (κ2) is 4.66. The van der Waals surface area contributed by atoms with E-state index >= 15 is 0 Å². The molecule has 3 heterocycles. The van der Waals surface area contributed by atoms with Gasteiger partial charge in [0, 0.05) is 36.2 Å². The maximum atomic E-state index is 13.1. The molecule has 7 heteroatoms. The molecule has 0 fully saturated rings. The number of pyridine rings is 1. The van der Waals surface area contributed by atoms with E-state index in [1.54, 1.807) is 12.1 Å². The van der Waals surface area contributed by atoms with Crippen molar-refractivity contribution in [3.8, 4) is 11.4 Å². The van der Waals surface area contributed by atoms with Crippen molar-refractivity contribution in [1.29, 1.82) is 0 Å². The molecule has 0 saturated heterocycles. The van der Waals surface area contributed by atoms with Crippen LogP contribution in [0.1, 0.15) is 17.0 Å². The van der Waals surface area contributed by atoms with E-state index in [2.05, 4.69) is 19.9 Å². The van der Waals surface area contributed by atoms with Gasteiger partial charge in [-0.1, -0.05) is 0 Å². The van der Waals surface area contributed by atoms with Crippen LogP contribution in [0.4, 0.5) is 13.2 Å². The van der Waals surface area contributed by atoms with Crippen molar-refractivity contribution in [3.05, 3.63) is 41.5 Å². The molecule has 2 aromatic heterocycles. The normalized spacial score (nSPS) is 14.2. The van der Waals surface area contributed by atoms with E-state index in [0.717, 1.165) is 0 Å². The molecule has 0 saturated carbocycles. The minimum atomic E-state index is -4.50. The van der Waals surface area contributed by atoms with Gasteiger partial charge in [0.1, 0.15) is 0 Å². The van der Waals surface area contributed by atoms with Crippen LogP contribution in [0.3, 0.4) is 0 Å². The average molecular weight is 278 g/mol. The minimum absolute atomic E-state index is 0.0515. The molecule has 20 heavy (non-hydrogen) atoms. The molecule has 3 rings (SSSR count). The van der Waals surface area contributed by atoms with Crippen molar-refractivity contribution in [2.24, 2.45) is 4.99 Å². The number of nitrogens with zero attached hydrogens (tertiary/aromatic N) is 4. The Morgan fingerprint density at radius 2 is 1.80 bits per heavy atom. The molecular weight excluding hydrogens is 269 g/mol. The predicted molar refractivity (Wildman–Crippen MR) is 66.2 cm³/mol. The highest BCUT2D eigenvalue weighted by molar-refractivity contribution is 5.66. The first kappa shape index (κ1) is 12.7. The van der Waals surface area contributed by atoms with Crippen LogP contribution >= 0.6 is 0 Å². The maximum absolute atomic E-state index is 13.1. The molecular formula is C13H9F3N4. The monoisotopic (exact) mass is 278 g/mol. The Kier molecular flexibility index (Phi) is 2.96. The zero-order valence-electron chi connectivity index (χ0n) is 10.2. The van der Waals surface area contributed by atoms with Crippen LogP contribution < -0.4 is 0 Å². The molecule has 0 bridgehead atoms. The lowest BCUT2D eigenvalue weighted by atomic mass is 10.0. The Bertz CT molecular complexity index is 665. The van der Waals surface area contributed by atoms with Gasteiger partial charge >= 0.3 is 6.18 Å². The third-order valence-electron chi connectivity index (χ3n) is 2.97. The molecule has 0 aromatic carbocycles. The summed E-state index contributed by atoms with van der Waals surface area (Å²) in [5.74, 6) is 0.0515. The lowest BCUT2D eigenvalue weighted by Crippen LogP contribution is -2.18. The fourth-order valence-electron chi connectivity index (χ4n) is 2.05. The molecule has 0 spiro atoms. The van der Waals surface area contributed by atoms with Crippen molar-refractivity contribution >= 4 is 6.21 Å². The zero-order valence-corrected chi connectivity index (χ0v) is 10.2. The summed E-state index contributed by atoms with van der Waals surface area (Å²) >= 11 is 0. The average Bonchev–Trinajstić information content (AvgIpc) is 2.46. The van der Waals surface area contributed by atoms with E-state index < -0.39 is 11.9 Å². The third-order valence-corrected chi connectivity index (χ3v) is 2.97. The molecule has 1 aliphatic heterocycles. The van der Waals surface area contributed by atoms with Crippen molar-refractivity contribution in [3.63, 3.8) is 0 Å². The van der Waals surface area contributed by atoms with E-state index in [1.165, 1.54) is 18.6 Å². The van der Waals surface area contributed by atoms with Gasteiger partial charge in [-0.05, 0) is 12.1 Å². The number of hydrogen-bond donors (Lipinski definition) is 0. The summed E-state index contributed by atoms with van der Waals surface area (Å²) in [6.07, 6.45) is 0.0565. The topological polar surface area (TPSA) is 51.0 Å². The second-order valence-electron chi connectivity index (χ2n) is 4.28. The fraction of sp³-hybridized carbons (Fsp3) is 0.231. The lowest BCUT2D eigenvalue weighted by Gasteiger charge is -2.17. The summed E-state index contributed by atoms with van der Waals surface area (Å²) in [4.78, 5) is 15.7. The number of fused-ring (bicyclic) bond motifs is 1. The van der Waals surface area contributed by atoms with E-state index in [1.807, 2.05) is 0 Å². The highest BCUT2D eigenvalue weighted by Gasteiger charge is 2.37. The summed E-state index contributed by atoms with van der Waals surface area (Å²) in [6, 6.07) is 3.15. The summed E-state index contributed by atoms with van der Waals surface area (Å²) in [6.45, 7) is 0.152. The van der Waals surface area contributed by atoms with Gasteiger partial charge < -0.3 is 0 Å². The van der Waals surface area contributed by atoms with E-state index in [9.17, 15) is 13.2 Å². The van der Waals surface area contributed by atoms with E-state index in [-0.39, 0.29) is 24.4 Å².